The smallest absolute Gasteiger partial charge is 0.329 e. The van der Waals surface area contributed by atoms with Crippen molar-refractivity contribution >= 4 is 38.4 Å². The highest BCUT2D eigenvalue weighted by Gasteiger charge is 2.31. The lowest BCUT2D eigenvalue weighted by molar-refractivity contribution is 0.0708. The van der Waals surface area contributed by atoms with E-state index in [9.17, 15) is 22.0 Å². The molecule has 1 saturated carbocycles. The summed E-state index contributed by atoms with van der Waals surface area (Å²) in [5.74, 6) is 0.343. The number of imidazole rings is 1. The molecule has 0 aromatic carbocycles. The number of alkyl halides is 2. The number of pyridine rings is 2. The van der Waals surface area contributed by atoms with E-state index in [4.69, 9.17) is 15.5 Å². The molecular weight excluding hydrogens is 568 g/mol. The Morgan fingerprint density at radius 2 is 1.95 bits per heavy atom. The number of anilines is 1. The van der Waals surface area contributed by atoms with Gasteiger partial charge in [0.25, 0.3) is 5.91 Å². The largest absolute Gasteiger partial charge is 0.482 e. The molecule has 2 fully saturated rings. The van der Waals surface area contributed by atoms with Gasteiger partial charge in [0.05, 0.1) is 24.8 Å². The molecule has 4 aromatic rings. The molecule has 0 spiro atoms. The number of aromatic nitrogens is 4. The van der Waals surface area contributed by atoms with E-state index in [0.717, 1.165) is 37.6 Å². The van der Waals surface area contributed by atoms with Gasteiger partial charge < -0.3 is 19.9 Å². The van der Waals surface area contributed by atoms with Crippen molar-refractivity contribution in [1.29, 1.82) is 0 Å². The number of nitrogens with two attached hydrogens (primary N) is 1. The second-order valence-corrected chi connectivity index (χ2v) is 13.0. The van der Waals surface area contributed by atoms with E-state index in [1.165, 1.54) is 13.2 Å². The molecule has 5 heterocycles. The van der Waals surface area contributed by atoms with E-state index in [2.05, 4.69) is 4.98 Å². The number of sulfonamides is 1. The van der Waals surface area contributed by atoms with Crippen molar-refractivity contribution < 1.29 is 26.7 Å². The van der Waals surface area contributed by atoms with Gasteiger partial charge in [-0.15, -0.1) is 0 Å². The fourth-order valence-corrected chi connectivity index (χ4v) is 6.50. The summed E-state index contributed by atoms with van der Waals surface area (Å²) in [6.07, 6.45) is 4.50. The first-order valence-electron chi connectivity index (χ1n) is 13.9. The highest BCUT2D eigenvalue weighted by Crippen LogP contribution is 2.38. The molecule has 2 aliphatic rings. The van der Waals surface area contributed by atoms with Crippen molar-refractivity contribution in [3.8, 4) is 17.3 Å². The van der Waals surface area contributed by atoms with Crippen LogP contribution in [0.1, 0.15) is 41.7 Å². The van der Waals surface area contributed by atoms with Crippen molar-refractivity contribution in [3.63, 3.8) is 0 Å². The molecule has 4 aromatic heterocycles. The summed E-state index contributed by atoms with van der Waals surface area (Å²) in [4.78, 5) is 24.5. The number of methoxy groups -OCH3 is 1. The lowest BCUT2D eigenvalue weighted by Crippen LogP contribution is -2.45. The number of carbonyl (C=O) groups is 1. The number of piperidine rings is 1. The zero-order chi connectivity index (χ0) is 29.9. The molecule has 0 radical (unpaired) electrons. The Balaban J connectivity index is 1.49. The molecule has 1 aliphatic carbocycles. The van der Waals surface area contributed by atoms with E-state index >= 15 is 0 Å². The number of nitrogens with zero attached hydrogens (tertiary/aromatic N) is 6. The number of halogens is 2. The van der Waals surface area contributed by atoms with Gasteiger partial charge in [-0.05, 0) is 62.8 Å². The fraction of sp³-hybridized carbons (Fsp3) is 0.464. The number of carbonyl (C=O) groups excluding carboxylic acids is 1. The molecule has 1 amide bonds. The highest BCUT2D eigenvalue weighted by atomic mass is 32.2. The van der Waals surface area contributed by atoms with Crippen LogP contribution in [0.3, 0.4) is 0 Å². The van der Waals surface area contributed by atoms with Gasteiger partial charge in [0.15, 0.2) is 5.88 Å². The Hall–Kier alpha value is -3.78. The van der Waals surface area contributed by atoms with Crippen LogP contribution in [-0.2, 0) is 16.6 Å². The SMILES string of the molecule is COc1cc(C(=O)N2CCC[C@@H](N)C2)cc2nc(-c3cc4ccc(N(C(F)F)S(C)(=O)=O)nc4n3CC3CC3)c(C)n12. The molecule has 224 valence electrons. The first-order valence-corrected chi connectivity index (χ1v) is 15.7. The average molecular weight is 602 g/mol. The molecule has 11 nitrogen and oxygen atoms in total. The summed E-state index contributed by atoms with van der Waals surface area (Å²) >= 11 is 0. The number of hydrogen-bond acceptors (Lipinski definition) is 7. The third-order valence-electron chi connectivity index (χ3n) is 7.99. The third-order valence-corrected chi connectivity index (χ3v) is 9.05. The number of aryl methyl sites for hydroxylation is 1. The minimum atomic E-state index is -4.27. The monoisotopic (exact) mass is 601 g/mol. The van der Waals surface area contributed by atoms with Crippen LogP contribution in [0.2, 0.25) is 0 Å². The molecule has 42 heavy (non-hydrogen) atoms. The van der Waals surface area contributed by atoms with Crippen molar-refractivity contribution in [2.24, 2.45) is 11.7 Å². The summed E-state index contributed by atoms with van der Waals surface area (Å²) in [5, 5.41) is 0.665. The molecular formula is C28H33F2N7O4S. The minimum absolute atomic E-state index is 0.0232. The maximum absolute atomic E-state index is 13.8. The summed E-state index contributed by atoms with van der Waals surface area (Å²) in [5.41, 5.74) is 9.55. The predicted molar refractivity (Wildman–Crippen MR) is 154 cm³/mol. The van der Waals surface area contributed by atoms with E-state index in [0.29, 0.717) is 65.1 Å². The lowest BCUT2D eigenvalue weighted by atomic mass is 10.1. The Morgan fingerprint density at radius 1 is 1.19 bits per heavy atom. The lowest BCUT2D eigenvalue weighted by Gasteiger charge is -2.30. The van der Waals surface area contributed by atoms with Gasteiger partial charge in [0.2, 0.25) is 10.0 Å². The molecule has 1 aliphatic heterocycles. The number of hydrogen-bond donors (Lipinski definition) is 1. The first kappa shape index (κ1) is 28.3. The molecule has 0 bridgehead atoms. The number of likely N-dealkylation sites (tertiary alicyclic amines) is 1. The van der Waals surface area contributed by atoms with Crippen molar-refractivity contribution in [1.82, 2.24) is 23.8 Å². The Labute approximate surface area is 241 Å². The van der Waals surface area contributed by atoms with Gasteiger partial charge in [-0.25, -0.2) is 18.4 Å². The third kappa shape index (κ3) is 5.06. The van der Waals surface area contributed by atoms with E-state index in [-0.39, 0.29) is 22.1 Å². The number of amides is 1. The Kier molecular flexibility index (Phi) is 7.08. The first-order chi connectivity index (χ1) is 20.0. The van der Waals surface area contributed by atoms with Crippen molar-refractivity contribution in [2.45, 2.75) is 51.7 Å². The van der Waals surface area contributed by atoms with Crippen LogP contribution in [0.5, 0.6) is 5.88 Å². The van der Waals surface area contributed by atoms with Crippen LogP contribution < -0.4 is 14.8 Å². The van der Waals surface area contributed by atoms with Gasteiger partial charge in [0.1, 0.15) is 22.8 Å². The van der Waals surface area contributed by atoms with Crippen LogP contribution in [0.4, 0.5) is 14.6 Å². The summed E-state index contributed by atoms with van der Waals surface area (Å²) in [6, 6.07) is 8.14. The fourth-order valence-electron chi connectivity index (χ4n) is 5.76. The average Bonchev–Trinajstić information content (AvgIpc) is 3.61. The molecule has 6 rings (SSSR count). The second-order valence-electron chi connectivity index (χ2n) is 11.2. The van der Waals surface area contributed by atoms with Crippen LogP contribution >= 0.6 is 0 Å². The molecule has 14 heteroatoms. The van der Waals surface area contributed by atoms with Crippen molar-refractivity contribution in [2.75, 3.05) is 30.8 Å². The minimum Gasteiger partial charge on any atom is -0.482 e. The summed E-state index contributed by atoms with van der Waals surface area (Å²) in [6.45, 7) is 0.318. The molecule has 2 N–H and O–H groups in total. The second kappa shape index (κ2) is 10.5. The normalized spacial score (nSPS) is 17.9. The summed E-state index contributed by atoms with van der Waals surface area (Å²) in [7, 11) is -2.73. The topological polar surface area (TPSA) is 128 Å². The van der Waals surface area contributed by atoms with E-state index < -0.39 is 16.6 Å². The maximum atomic E-state index is 13.8. The maximum Gasteiger partial charge on any atom is 0.329 e. The van der Waals surface area contributed by atoms with Crippen molar-refractivity contribution in [3.05, 3.63) is 41.6 Å². The zero-order valence-electron chi connectivity index (χ0n) is 23.6. The summed E-state index contributed by atoms with van der Waals surface area (Å²) < 4.78 is 61.3. The Bertz CT molecular complexity index is 1800. The van der Waals surface area contributed by atoms with Crippen LogP contribution in [0.25, 0.3) is 28.1 Å². The van der Waals surface area contributed by atoms with Crippen LogP contribution in [-0.4, -0.2) is 77.2 Å². The van der Waals surface area contributed by atoms with Gasteiger partial charge in [-0.1, -0.05) is 0 Å². The quantitative estimate of drug-likeness (QED) is 0.306. The number of ether oxygens (including phenoxy) is 1. The molecule has 1 atom stereocenters. The standard InChI is InChI=1S/C28H33F2N7O4S/c1-16-25(32-23-12-19(13-24(41-2)36(16)23)27(38)34-10-4-5-20(31)15-34)21-11-18-8-9-22(37(28(29)30)42(3,39)40)33-26(18)35(21)14-17-6-7-17/h8-9,11-13,17,20,28H,4-7,10,14-15,31H2,1-3H3/t20-/m1/s1. The van der Waals surface area contributed by atoms with Gasteiger partial charge in [-0.3, -0.25) is 9.20 Å². The van der Waals surface area contributed by atoms with E-state index in [1.54, 1.807) is 23.1 Å². The van der Waals surface area contributed by atoms with Crippen LogP contribution in [0, 0.1) is 12.8 Å². The van der Waals surface area contributed by atoms with E-state index in [1.807, 2.05) is 22.0 Å². The number of fused-ring (bicyclic) bond motifs is 2. The predicted octanol–water partition coefficient (Wildman–Crippen LogP) is 3.63. The molecule has 0 unspecified atom stereocenters. The highest BCUT2D eigenvalue weighted by molar-refractivity contribution is 7.92. The van der Waals surface area contributed by atoms with Gasteiger partial charge in [0, 0.05) is 42.7 Å². The van der Waals surface area contributed by atoms with Gasteiger partial charge >= 0.3 is 6.55 Å². The van der Waals surface area contributed by atoms with Crippen LogP contribution in [0.15, 0.2) is 30.3 Å². The number of rotatable bonds is 8. The molecule has 1 saturated heterocycles. The zero-order valence-corrected chi connectivity index (χ0v) is 24.4. The van der Waals surface area contributed by atoms with Gasteiger partial charge in [-0.2, -0.15) is 13.1 Å². The Morgan fingerprint density at radius 3 is 2.60 bits per heavy atom.